The van der Waals surface area contributed by atoms with Crippen molar-refractivity contribution in [1.82, 2.24) is 0 Å². The van der Waals surface area contributed by atoms with Gasteiger partial charge in [-0.05, 0) is 53.2 Å². The number of likely N-dealkylation sites (N-methyl/N-ethyl adjacent to an activating group) is 1. The molecular formula is C22H25N2O3+. The first kappa shape index (κ1) is 18.7. The van der Waals surface area contributed by atoms with Crippen molar-refractivity contribution >= 4 is 22.4 Å². The third kappa shape index (κ3) is 4.99. The average Bonchev–Trinajstić information content (AvgIpc) is 2.68. The molecule has 3 aromatic rings. The third-order valence-corrected chi connectivity index (χ3v) is 4.45. The van der Waals surface area contributed by atoms with Crippen LogP contribution in [0.25, 0.3) is 10.8 Å². The predicted octanol–water partition coefficient (Wildman–Crippen LogP) is 2.51. The van der Waals surface area contributed by atoms with E-state index in [1.54, 1.807) is 14.2 Å². The summed E-state index contributed by atoms with van der Waals surface area (Å²) in [7, 11) is 5.31. The molecule has 3 aromatic carbocycles. The third-order valence-electron chi connectivity index (χ3n) is 4.45. The molecule has 0 aliphatic rings. The summed E-state index contributed by atoms with van der Waals surface area (Å²) in [5, 5.41) is 5.24. The summed E-state index contributed by atoms with van der Waals surface area (Å²) in [6, 6.07) is 19.7. The quantitative estimate of drug-likeness (QED) is 0.676. The monoisotopic (exact) mass is 365 g/mol. The number of hydrogen-bond donors (Lipinski definition) is 2. The van der Waals surface area contributed by atoms with E-state index in [0.29, 0.717) is 6.54 Å². The average molecular weight is 365 g/mol. The van der Waals surface area contributed by atoms with Crippen molar-refractivity contribution in [3.8, 4) is 11.5 Å². The largest absolute Gasteiger partial charge is 0.497 e. The lowest BCUT2D eigenvalue weighted by atomic mass is 10.1. The molecule has 27 heavy (non-hydrogen) atoms. The van der Waals surface area contributed by atoms with Crippen LogP contribution < -0.4 is 19.7 Å². The summed E-state index contributed by atoms with van der Waals surface area (Å²) in [6.07, 6.45) is 0. The predicted molar refractivity (Wildman–Crippen MR) is 108 cm³/mol. The lowest BCUT2D eigenvalue weighted by molar-refractivity contribution is -0.885. The summed E-state index contributed by atoms with van der Waals surface area (Å²) >= 11 is 0. The Bertz CT molecular complexity index is 922. The first-order valence-electron chi connectivity index (χ1n) is 8.89. The van der Waals surface area contributed by atoms with E-state index in [1.807, 2.05) is 43.4 Å². The van der Waals surface area contributed by atoms with E-state index < -0.39 is 0 Å². The number of carbonyl (C=O) groups is 1. The van der Waals surface area contributed by atoms with Crippen molar-refractivity contribution in [1.29, 1.82) is 0 Å². The van der Waals surface area contributed by atoms with Crippen LogP contribution in [-0.2, 0) is 11.3 Å². The van der Waals surface area contributed by atoms with Crippen LogP contribution in [0.3, 0.4) is 0 Å². The number of amides is 1. The normalized spacial score (nSPS) is 11.8. The summed E-state index contributed by atoms with van der Waals surface area (Å²) in [4.78, 5) is 13.4. The maximum atomic E-state index is 12.3. The minimum atomic E-state index is -0.0109. The Labute approximate surface area is 159 Å². The van der Waals surface area contributed by atoms with Gasteiger partial charge in [0.1, 0.15) is 18.0 Å². The van der Waals surface area contributed by atoms with Gasteiger partial charge in [0, 0.05) is 11.3 Å². The highest BCUT2D eigenvalue weighted by atomic mass is 16.5. The molecule has 0 saturated carbocycles. The van der Waals surface area contributed by atoms with E-state index in [1.165, 1.54) is 10.9 Å². The highest BCUT2D eigenvalue weighted by molar-refractivity contribution is 5.91. The SMILES string of the molecule is COc1ccc(NC(=O)C[NH+](C)Cc2ccc3cc(OC)ccc3c2)cc1. The molecule has 0 spiro atoms. The van der Waals surface area contributed by atoms with Gasteiger partial charge in [-0.1, -0.05) is 18.2 Å². The van der Waals surface area contributed by atoms with Gasteiger partial charge in [0.15, 0.2) is 6.54 Å². The molecular weight excluding hydrogens is 340 g/mol. The smallest absolute Gasteiger partial charge is 0.279 e. The molecule has 1 atom stereocenters. The van der Waals surface area contributed by atoms with E-state index >= 15 is 0 Å². The van der Waals surface area contributed by atoms with Gasteiger partial charge in [-0.3, -0.25) is 4.79 Å². The van der Waals surface area contributed by atoms with Crippen LogP contribution >= 0.6 is 0 Å². The van der Waals surface area contributed by atoms with Gasteiger partial charge < -0.3 is 19.7 Å². The zero-order valence-corrected chi connectivity index (χ0v) is 15.9. The number of anilines is 1. The molecule has 0 bridgehead atoms. The van der Waals surface area contributed by atoms with Gasteiger partial charge in [-0.2, -0.15) is 0 Å². The van der Waals surface area contributed by atoms with Crippen LogP contribution in [0.5, 0.6) is 11.5 Å². The van der Waals surface area contributed by atoms with Crippen molar-refractivity contribution in [3.05, 3.63) is 66.2 Å². The number of fused-ring (bicyclic) bond motifs is 1. The van der Waals surface area contributed by atoms with Crippen molar-refractivity contribution < 1.29 is 19.2 Å². The molecule has 0 aliphatic heterocycles. The van der Waals surface area contributed by atoms with Gasteiger partial charge in [-0.15, -0.1) is 0 Å². The number of methoxy groups -OCH3 is 2. The number of nitrogens with one attached hydrogen (secondary N) is 2. The molecule has 1 amide bonds. The Kier molecular flexibility index (Phi) is 5.94. The van der Waals surface area contributed by atoms with Crippen LogP contribution in [0.1, 0.15) is 5.56 Å². The second kappa shape index (κ2) is 8.56. The van der Waals surface area contributed by atoms with E-state index in [-0.39, 0.29) is 5.91 Å². The Morgan fingerprint density at radius 1 is 0.889 bits per heavy atom. The second-order valence-electron chi connectivity index (χ2n) is 6.63. The summed E-state index contributed by atoms with van der Waals surface area (Å²) < 4.78 is 10.4. The van der Waals surface area contributed by atoms with Gasteiger partial charge in [0.2, 0.25) is 0 Å². The van der Waals surface area contributed by atoms with E-state index in [0.717, 1.165) is 34.0 Å². The molecule has 0 fully saturated rings. The molecule has 2 N–H and O–H groups in total. The number of rotatable bonds is 7. The van der Waals surface area contributed by atoms with Crippen molar-refractivity contribution in [2.75, 3.05) is 33.1 Å². The van der Waals surface area contributed by atoms with Crippen LogP contribution in [0.2, 0.25) is 0 Å². The molecule has 0 radical (unpaired) electrons. The molecule has 0 heterocycles. The Morgan fingerprint density at radius 3 is 2.22 bits per heavy atom. The molecule has 5 nitrogen and oxygen atoms in total. The topological polar surface area (TPSA) is 52.0 Å². The molecule has 3 rings (SSSR count). The van der Waals surface area contributed by atoms with E-state index in [9.17, 15) is 4.79 Å². The summed E-state index contributed by atoms with van der Waals surface area (Å²) in [5.41, 5.74) is 1.97. The van der Waals surface area contributed by atoms with Gasteiger partial charge in [0.05, 0.1) is 21.3 Å². The van der Waals surface area contributed by atoms with Gasteiger partial charge in [0.25, 0.3) is 5.91 Å². The minimum absolute atomic E-state index is 0.0109. The van der Waals surface area contributed by atoms with Crippen LogP contribution in [0.15, 0.2) is 60.7 Å². The number of hydrogen-bond acceptors (Lipinski definition) is 3. The lowest BCUT2D eigenvalue weighted by Gasteiger charge is -2.14. The van der Waals surface area contributed by atoms with Crippen LogP contribution in [-0.4, -0.2) is 33.7 Å². The number of quaternary nitrogens is 1. The molecule has 140 valence electrons. The van der Waals surface area contributed by atoms with Crippen LogP contribution in [0, 0.1) is 0 Å². The van der Waals surface area contributed by atoms with Gasteiger partial charge >= 0.3 is 0 Å². The van der Waals surface area contributed by atoms with Crippen LogP contribution in [0.4, 0.5) is 5.69 Å². The highest BCUT2D eigenvalue weighted by Gasteiger charge is 2.11. The lowest BCUT2D eigenvalue weighted by Crippen LogP contribution is -3.08. The van der Waals surface area contributed by atoms with Crippen molar-refractivity contribution in [2.24, 2.45) is 0 Å². The second-order valence-corrected chi connectivity index (χ2v) is 6.63. The number of ether oxygens (including phenoxy) is 2. The van der Waals surface area contributed by atoms with E-state index in [4.69, 9.17) is 9.47 Å². The Balaban J connectivity index is 1.58. The maximum absolute atomic E-state index is 12.3. The Hall–Kier alpha value is -3.05. The molecule has 0 aliphatic carbocycles. The highest BCUT2D eigenvalue weighted by Crippen LogP contribution is 2.21. The molecule has 5 heteroatoms. The standard InChI is InChI=1S/C22H24N2O3/c1-24(15-22(25)23-19-7-10-20(26-2)11-8-19)14-16-4-5-18-13-21(27-3)9-6-17(18)12-16/h4-13H,14-15H2,1-3H3,(H,23,25)/p+1. The minimum Gasteiger partial charge on any atom is -0.497 e. The zero-order valence-electron chi connectivity index (χ0n) is 15.9. The van der Waals surface area contributed by atoms with E-state index in [2.05, 4.69) is 29.6 Å². The molecule has 1 unspecified atom stereocenters. The number of carbonyl (C=O) groups excluding carboxylic acids is 1. The molecule has 0 saturated heterocycles. The molecule has 0 aromatic heterocycles. The van der Waals surface area contributed by atoms with Crippen molar-refractivity contribution in [3.63, 3.8) is 0 Å². The maximum Gasteiger partial charge on any atom is 0.279 e. The Morgan fingerprint density at radius 2 is 1.52 bits per heavy atom. The summed E-state index contributed by atoms with van der Waals surface area (Å²) in [5.74, 6) is 1.61. The summed E-state index contributed by atoms with van der Waals surface area (Å²) in [6.45, 7) is 1.17. The fraction of sp³-hybridized carbons (Fsp3) is 0.227. The van der Waals surface area contributed by atoms with Gasteiger partial charge in [-0.25, -0.2) is 0 Å². The zero-order chi connectivity index (χ0) is 19.2. The van der Waals surface area contributed by atoms with Crippen molar-refractivity contribution in [2.45, 2.75) is 6.54 Å². The number of benzene rings is 3. The first-order valence-corrected chi connectivity index (χ1v) is 8.89. The fourth-order valence-electron chi connectivity index (χ4n) is 3.07. The first-order chi connectivity index (χ1) is 13.1. The fourth-order valence-corrected chi connectivity index (χ4v) is 3.07.